The van der Waals surface area contributed by atoms with Crippen LogP contribution in [0.1, 0.15) is 39.0 Å². The smallest absolute Gasteiger partial charge is 0.216 e. The van der Waals surface area contributed by atoms with Crippen molar-refractivity contribution in [2.24, 2.45) is 5.92 Å². The van der Waals surface area contributed by atoms with Crippen LogP contribution in [0.5, 0.6) is 0 Å². The second-order valence-electron chi connectivity index (χ2n) is 3.58. The van der Waals surface area contributed by atoms with E-state index in [1.54, 1.807) is 0 Å². The molecule has 1 saturated carbocycles. The maximum absolute atomic E-state index is 11.5. The van der Waals surface area contributed by atoms with Gasteiger partial charge in [-0.25, -0.2) is 0 Å². The van der Waals surface area contributed by atoms with Crippen molar-refractivity contribution in [2.45, 2.75) is 39.0 Å². The van der Waals surface area contributed by atoms with Crippen molar-refractivity contribution in [3.8, 4) is 0 Å². The molecule has 0 aromatic carbocycles. The zero-order chi connectivity index (χ0) is 9.68. The molecule has 1 rings (SSSR count). The van der Waals surface area contributed by atoms with E-state index in [-0.39, 0.29) is 0 Å². The minimum atomic E-state index is -1.96. The highest BCUT2D eigenvalue weighted by atomic mass is 31.1. The van der Waals surface area contributed by atoms with Gasteiger partial charge in [0.05, 0.1) is 6.61 Å². The predicted molar refractivity (Wildman–Crippen MR) is 56.3 cm³/mol. The Hall–Kier alpha value is -0.0700. The van der Waals surface area contributed by atoms with Gasteiger partial charge < -0.3 is 4.52 Å². The van der Waals surface area contributed by atoms with Crippen LogP contribution in [0.25, 0.3) is 0 Å². The molecular weight excluding hydrogens is 183 g/mol. The fourth-order valence-corrected chi connectivity index (χ4v) is 2.91. The number of hydrogen-bond donors (Lipinski definition) is 0. The lowest BCUT2D eigenvalue weighted by atomic mass is 9.89. The lowest BCUT2D eigenvalue weighted by molar-refractivity contribution is 0.344. The molecule has 3 heteroatoms. The first-order valence-corrected chi connectivity index (χ1v) is 6.43. The largest absolute Gasteiger partial charge is 0.328 e. The first kappa shape index (κ1) is 11.0. The Balaban J connectivity index is 2.40. The molecule has 0 N–H and O–H groups in total. The Labute approximate surface area is 81.2 Å². The molecule has 76 valence electrons. The fourth-order valence-electron chi connectivity index (χ4n) is 1.84. The van der Waals surface area contributed by atoms with Crippen molar-refractivity contribution < 1.29 is 9.09 Å². The lowest BCUT2D eigenvalue weighted by Crippen LogP contribution is -2.06. The van der Waals surface area contributed by atoms with Crippen LogP contribution in [0, 0.1) is 5.92 Å². The summed E-state index contributed by atoms with van der Waals surface area (Å²) in [5.74, 6) is 0.465. The Morgan fingerprint density at radius 2 is 2.08 bits per heavy atom. The summed E-state index contributed by atoms with van der Waals surface area (Å²) in [6.45, 7) is 6.31. The molecule has 0 heterocycles. The zero-order valence-electron chi connectivity index (χ0n) is 8.34. The summed E-state index contributed by atoms with van der Waals surface area (Å²) in [5, 5.41) is 0.867. The molecule has 1 aliphatic rings. The van der Waals surface area contributed by atoms with Gasteiger partial charge in [0.2, 0.25) is 8.03 Å². The van der Waals surface area contributed by atoms with Crippen LogP contribution in [0.3, 0.4) is 0 Å². The first-order chi connectivity index (χ1) is 6.25. The molecule has 13 heavy (non-hydrogen) atoms. The third-order valence-electron chi connectivity index (χ3n) is 2.64. The summed E-state index contributed by atoms with van der Waals surface area (Å²) in [6, 6.07) is 0. The van der Waals surface area contributed by atoms with Crippen LogP contribution in [-0.2, 0) is 9.09 Å². The fraction of sp³-hybridized carbons (Fsp3) is 0.800. The predicted octanol–water partition coefficient (Wildman–Crippen LogP) is 3.59. The number of hydrogen-bond acceptors (Lipinski definition) is 2. The standard InChI is InChI=1S/C10H19O2P/c1-3-12-13(11)9(2)10-7-5-4-6-8-10/h10,13H,2-8H2,1H3. The molecule has 0 saturated heterocycles. The molecule has 0 amide bonds. The molecule has 1 unspecified atom stereocenters. The third kappa shape index (κ3) is 3.28. The minimum Gasteiger partial charge on any atom is -0.328 e. The molecule has 0 aliphatic heterocycles. The van der Waals surface area contributed by atoms with Gasteiger partial charge in [0, 0.05) is 5.31 Å². The number of rotatable bonds is 4. The topological polar surface area (TPSA) is 26.3 Å². The van der Waals surface area contributed by atoms with Crippen LogP contribution < -0.4 is 0 Å². The quantitative estimate of drug-likeness (QED) is 0.651. The molecule has 0 spiro atoms. The highest BCUT2D eigenvalue weighted by Crippen LogP contribution is 2.42. The summed E-state index contributed by atoms with van der Waals surface area (Å²) in [6.07, 6.45) is 6.14. The van der Waals surface area contributed by atoms with Gasteiger partial charge in [0.25, 0.3) is 0 Å². The van der Waals surface area contributed by atoms with Gasteiger partial charge >= 0.3 is 0 Å². The van der Waals surface area contributed by atoms with Crippen LogP contribution in [0.15, 0.2) is 11.9 Å². The number of allylic oxidation sites excluding steroid dienone is 1. The van der Waals surface area contributed by atoms with E-state index in [1.807, 2.05) is 6.92 Å². The van der Waals surface area contributed by atoms with Gasteiger partial charge in [-0.2, -0.15) is 0 Å². The summed E-state index contributed by atoms with van der Waals surface area (Å²) < 4.78 is 16.6. The molecule has 0 radical (unpaired) electrons. The SMILES string of the molecule is C=C(C1CCCCC1)[PH](=O)OCC. The maximum atomic E-state index is 11.5. The van der Waals surface area contributed by atoms with Crippen molar-refractivity contribution >= 4 is 8.03 Å². The van der Waals surface area contributed by atoms with Crippen molar-refractivity contribution in [3.05, 3.63) is 11.9 Å². The van der Waals surface area contributed by atoms with E-state index in [0.717, 1.165) is 18.2 Å². The van der Waals surface area contributed by atoms with Crippen LogP contribution in [0.2, 0.25) is 0 Å². The molecule has 1 atom stereocenters. The van der Waals surface area contributed by atoms with Gasteiger partial charge in [0.1, 0.15) is 0 Å². The molecule has 0 bridgehead atoms. The van der Waals surface area contributed by atoms with Crippen molar-refractivity contribution in [1.82, 2.24) is 0 Å². The van der Waals surface area contributed by atoms with Crippen LogP contribution in [0.4, 0.5) is 0 Å². The summed E-state index contributed by atoms with van der Waals surface area (Å²) >= 11 is 0. The van der Waals surface area contributed by atoms with E-state index in [2.05, 4.69) is 6.58 Å². The Bertz CT molecular complexity index is 195. The molecular formula is C10H19O2P. The van der Waals surface area contributed by atoms with E-state index in [9.17, 15) is 4.57 Å². The van der Waals surface area contributed by atoms with Crippen molar-refractivity contribution in [2.75, 3.05) is 6.61 Å². The Morgan fingerprint density at radius 3 is 2.62 bits per heavy atom. The molecule has 0 aromatic heterocycles. The first-order valence-electron chi connectivity index (χ1n) is 5.11. The van der Waals surface area contributed by atoms with Crippen molar-refractivity contribution in [3.63, 3.8) is 0 Å². The Kier molecular flexibility index (Phi) is 4.76. The van der Waals surface area contributed by atoms with Gasteiger partial charge in [-0.3, -0.25) is 4.57 Å². The summed E-state index contributed by atoms with van der Waals surface area (Å²) in [5.41, 5.74) is 0. The zero-order valence-corrected chi connectivity index (χ0v) is 9.34. The van der Waals surface area contributed by atoms with Crippen LogP contribution in [-0.4, -0.2) is 6.61 Å². The molecule has 1 aliphatic carbocycles. The van der Waals surface area contributed by atoms with Crippen molar-refractivity contribution in [1.29, 1.82) is 0 Å². The average Bonchev–Trinajstić information content (AvgIpc) is 2.18. The van der Waals surface area contributed by atoms with E-state index >= 15 is 0 Å². The average molecular weight is 202 g/mol. The maximum Gasteiger partial charge on any atom is 0.216 e. The van der Waals surface area contributed by atoms with Gasteiger partial charge in [0.15, 0.2) is 0 Å². The van der Waals surface area contributed by atoms with Gasteiger partial charge in [-0.1, -0.05) is 25.8 Å². The monoisotopic (exact) mass is 202 g/mol. The molecule has 0 aromatic rings. The third-order valence-corrected chi connectivity index (χ3v) is 4.12. The van der Waals surface area contributed by atoms with E-state index < -0.39 is 8.03 Å². The van der Waals surface area contributed by atoms with Gasteiger partial charge in [-0.15, -0.1) is 0 Å². The van der Waals surface area contributed by atoms with E-state index in [1.165, 1.54) is 19.3 Å². The highest BCUT2D eigenvalue weighted by molar-refractivity contribution is 7.44. The second kappa shape index (κ2) is 5.62. The van der Waals surface area contributed by atoms with Gasteiger partial charge in [-0.05, 0) is 25.7 Å². The van der Waals surface area contributed by atoms with Crippen LogP contribution >= 0.6 is 8.03 Å². The van der Waals surface area contributed by atoms with E-state index in [4.69, 9.17) is 4.52 Å². The molecule has 2 nitrogen and oxygen atoms in total. The lowest BCUT2D eigenvalue weighted by Gasteiger charge is -2.22. The Morgan fingerprint density at radius 1 is 1.46 bits per heavy atom. The second-order valence-corrected chi connectivity index (χ2v) is 5.09. The highest BCUT2D eigenvalue weighted by Gasteiger charge is 2.20. The minimum absolute atomic E-state index is 0.465. The summed E-state index contributed by atoms with van der Waals surface area (Å²) in [7, 11) is -1.96. The summed E-state index contributed by atoms with van der Waals surface area (Å²) in [4.78, 5) is 0. The normalized spacial score (nSPS) is 21.3. The van der Waals surface area contributed by atoms with E-state index in [0.29, 0.717) is 12.5 Å². The molecule has 1 fully saturated rings.